The standard InChI is InChI=1S/C20H16ClN3O7/c1-30-20(27)14-9-23(16-5-3-2-4-13(14)16)10-19(26)31-11-18(25)22-12-6-7-15(21)17(8-12)24(28)29/h2-9H,10-11H2,1H3,(H,22,25). The van der Waals surface area contributed by atoms with E-state index in [0.29, 0.717) is 16.5 Å². The van der Waals surface area contributed by atoms with Crippen molar-refractivity contribution in [1.82, 2.24) is 4.57 Å². The fourth-order valence-corrected chi connectivity index (χ4v) is 3.09. The van der Waals surface area contributed by atoms with Crippen LogP contribution in [0.2, 0.25) is 5.02 Å². The van der Waals surface area contributed by atoms with Crippen LogP contribution in [0.5, 0.6) is 0 Å². The highest BCUT2D eigenvalue weighted by molar-refractivity contribution is 6.32. The average molecular weight is 446 g/mol. The minimum absolute atomic E-state index is 0.0697. The largest absolute Gasteiger partial charge is 0.465 e. The van der Waals surface area contributed by atoms with Gasteiger partial charge in [0, 0.05) is 28.9 Å². The first kappa shape index (κ1) is 21.8. The van der Waals surface area contributed by atoms with Crippen molar-refractivity contribution in [3.8, 4) is 0 Å². The van der Waals surface area contributed by atoms with Crippen LogP contribution >= 0.6 is 11.6 Å². The number of nitrogens with one attached hydrogen (secondary N) is 1. The Hall–Kier alpha value is -3.92. The predicted molar refractivity (Wildman–Crippen MR) is 111 cm³/mol. The predicted octanol–water partition coefficient (Wildman–Crippen LogP) is 3.17. The molecule has 0 atom stereocenters. The van der Waals surface area contributed by atoms with Crippen LogP contribution in [0, 0.1) is 10.1 Å². The molecule has 0 bridgehead atoms. The highest BCUT2D eigenvalue weighted by Crippen LogP contribution is 2.27. The van der Waals surface area contributed by atoms with Gasteiger partial charge in [0.05, 0.1) is 17.6 Å². The second-order valence-corrected chi connectivity index (χ2v) is 6.72. The summed E-state index contributed by atoms with van der Waals surface area (Å²) in [6.45, 7) is -0.838. The molecule has 3 rings (SSSR count). The van der Waals surface area contributed by atoms with Gasteiger partial charge in [-0.2, -0.15) is 0 Å². The van der Waals surface area contributed by atoms with E-state index in [1.54, 1.807) is 24.3 Å². The summed E-state index contributed by atoms with van der Waals surface area (Å²) in [6, 6.07) is 10.7. The van der Waals surface area contributed by atoms with Crippen molar-refractivity contribution in [3.05, 3.63) is 69.4 Å². The van der Waals surface area contributed by atoms with E-state index in [1.807, 2.05) is 0 Å². The van der Waals surface area contributed by atoms with Crippen LogP contribution in [0.15, 0.2) is 48.7 Å². The number of para-hydroxylation sites is 1. The summed E-state index contributed by atoms with van der Waals surface area (Å²) in [6.07, 6.45) is 1.48. The number of carbonyl (C=O) groups is 3. The summed E-state index contributed by atoms with van der Waals surface area (Å²) < 4.78 is 11.3. The van der Waals surface area contributed by atoms with Crippen LogP contribution in [0.3, 0.4) is 0 Å². The lowest BCUT2D eigenvalue weighted by atomic mass is 10.2. The highest BCUT2D eigenvalue weighted by Gasteiger charge is 2.18. The molecule has 0 radical (unpaired) electrons. The van der Waals surface area contributed by atoms with E-state index < -0.39 is 29.4 Å². The first-order valence-corrected chi connectivity index (χ1v) is 9.23. The molecule has 0 saturated carbocycles. The maximum Gasteiger partial charge on any atom is 0.340 e. The van der Waals surface area contributed by atoms with Crippen LogP contribution < -0.4 is 5.32 Å². The molecule has 1 amide bonds. The number of aromatic nitrogens is 1. The average Bonchev–Trinajstić information content (AvgIpc) is 3.11. The number of hydrogen-bond donors (Lipinski definition) is 1. The van der Waals surface area contributed by atoms with Crippen molar-refractivity contribution in [3.63, 3.8) is 0 Å². The maximum atomic E-state index is 12.2. The van der Waals surface area contributed by atoms with Crippen LogP contribution in [0.1, 0.15) is 10.4 Å². The van der Waals surface area contributed by atoms with E-state index in [0.717, 1.165) is 6.07 Å². The summed E-state index contributed by atoms with van der Waals surface area (Å²) in [5.74, 6) is -1.94. The third-order valence-electron chi connectivity index (χ3n) is 4.28. The fraction of sp³-hybridized carbons (Fsp3) is 0.150. The van der Waals surface area contributed by atoms with Crippen LogP contribution in [0.4, 0.5) is 11.4 Å². The van der Waals surface area contributed by atoms with Crippen molar-refractivity contribution >= 4 is 51.7 Å². The van der Waals surface area contributed by atoms with Gasteiger partial charge in [0.2, 0.25) is 0 Å². The van der Waals surface area contributed by atoms with Crippen molar-refractivity contribution in [2.75, 3.05) is 19.0 Å². The van der Waals surface area contributed by atoms with Gasteiger partial charge in [-0.3, -0.25) is 19.7 Å². The zero-order valence-electron chi connectivity index (χ0n) is 16.2. The first-order valence-electron chi connectivity index (χ1n) is 8.85. The molecule has 10 nitrogen and oxygen atoms in total. The number of nitrogens with zero attached hydrogens (tertiary/aromatic N) is 2. The number of amides is 1. The smallest absolute Gasteiger partial charge is 0.340 e. The maximum absolute atomic E-state index is 12.2. The van der Waals surface area contributed by atoms with Gasteiger partial charge in [-0.05, 0) is 18.2 Å². The number of halogens is 1. The van der Waals surface area contributed by atoms with Crippen LogP contribution in [0.25, 0.3) is 10.9 Å². The molecule has 31 heavy (non-hydrogen) atoms. The van der Waals surface area contributed by atoms with Crippen molar-refractivity contribution in [2.24, 2.45) is 0 Å². The molecular weight excluding hydrogens is 430 g/mol. The Labute approximate surface area is 180 Å². The van der Waals surface area contributed by atoms with Gasteiger partial charge in [0.1, 0.15) is 11.6 Å². The highest BCUT2D eigenvalue weighted by atomic mass is 35.5. The van der Waals surface area contributed by atoms with Crippen molar-refractivity contribution in [2.45, 2.75) is 6.54 Å². The number of carbonyl (C=O) groups excluding carboxylic acids is 3. The van der Waals surface area contributed by atoms with Crippen molar-refractivity contribution < 1.29 is 28.8 Å². The fourth-order valence-electron chi connectivity index (χ4n) is 2.91. The second kappa shape index (κ2) is 9.26. The lowest BCUT2D eigenvalue weighted by molar-refractivity contribution is -0.384. The molecular formula is C20H16ClN3O7. The molecule has 0 aliphatic heterocycles. The summed E-state index contributed by atoms with van der Waals surface area (Å²) >= 11 is 5.72. The molecule has 0 fully saturated rings. The quantitative estimate of drug-likeness (QED) is 0.336. The third-order valence-corrected chi connectivity index (χ3v) is 4.60. The summed E-state index contributed by atoms with van der Waals surface area (Å²) in [7, 11) is 1.26. The zero-order chi connectivity index (χ0) is 22.5. The van der Waals surface area contributed by atoms with Gasteiger partial charge in [-0.15, -0.1) is 0 Å². The lowest BCUT2D eigenvalue weighted by Gasteiger charge is -2.08. The Bertz CT molecular complexity index is 1190. The summed E-state index contributed by atoms with van der Waals surface area (Å²) in [5.41, 5.74) is 0.694. The van der Waals surface area contributed by atoms with E-state index >= 15 is 0 Å². The monoisotopic (exact) mass is 445 g/mol. The van der Waals surface area contributed by atoms with E-state index in [-0.39, 0.29) is 22.9 Å². The lowest BCUT2D eigenvalue weighted by Crippen LogP contribution is -2.22. The Kier molecular flexibility index (Phi) is 6.51. The third kappa shape index (κ3) is 4.98. The number of methoxy groups -OCH3 is 1. The number of esters is 2. The van der Waals surface area contributed by atoms with E-state index in [9.17, 15) is 24.5 Å². The molecule has 0 saturated heterocycles. The Balaban J connectivity index is 1.63. The number of ether oxygens (including phenoxy) is 2. The van der Waals surface area contributed by atoms with Gasteiger partial charge in [0.25, 0.3) is 11.6 Å². The Morgan fingerprint density at radius 3 is 2.65 bits per heavy atom. The molecule has 1 heterocycles. The molecule has 0 unspecified atom stereocenters. The molecule has 11 heteroatoms. The number of anilines is 1. The minimum atomic E-state index is -0.714. The van der Waals surface area contributed by atoms with E-state index in [2.05, 4.69) is 5.32 Å². The van der Waals surface area contributed by atoms with E-state index in [4.69, 9.17) is 21.1 Å². The number of nitro benzene ring substituents is 1. The molecule has 160 valence electrons. The number of benzene rings is 2. The Morgan fingerprint density at radius 1 is 1.19 bits per heavy atom. The molecule has 0 spiro atoms. The number of hydrogen-bond acceptors (Lipinski definition) is 7. The summed E-state index contributed by atoms with van der Waals surface area (Å²) in [4.78, 5) is 46.4. The minimum Gasteiger partial charge on any atom is -0.465 e. The first-order chi connectivity index (χ1) is 14.8. The number of nitro groups is 1. The summed E-state index contributed by atoms with van der Waals surface area (Å²) in [5, 5.41) is 13.9. The van der Waals surface area contributed by atoms with Crippen molar-refractivity contribution in [1.29, 1.82) is 0 Å². The van der Waals surface area contributed by atoms with Gasteiger partial charge in [0.15, 0.2) is 6.61 Å². The molecule has 1 aromatic heterocycles. The molecule has 0 aliphatic rings. The topological polar surface area (TPSA) is 130 Å². The van der Waals surface area contributed by atoms with E-state index in [1.165, 1.54) is 30.0 Å². The number of fused-ring (bicyclic) bond motifs is 1. The molecule has 0 aliphatic carbocycles. The Morgan fingerprint density at radius 2 is 1.94 bits per heavy atom. The van der Waals surface area contributed by atoms with Crippen LogP contribution in [-0.4, -0.2) is 41.1 Å². The van der Waals surface area contributed by atoms with Gasteiger partial charge >= 0.3 is 11.9 Å². The number of rotatable bonds is 7. The molecule has 3 aromatic rings. The van der Waals surface area contributed by atoms with Crippen LogP contribution in [-0.2, 0) is 25.6 Å². The SMILES string of the molecule is COC(=O)c1cn(CC(=O)OCC(=O)Nc2ccc(Cl)c([N+](=O)[O-])c2)c2ccccc12. The molecule has 2 aromatic carbocycles. The zero-order valence-corrected chi connectivity index (χ0v) is 16.9. The van der Waals surface area contributed by atoms with Gasteiger partial charge in [-0.25, -0.2) is 4.79 Å². The second-order valence-electron chi connectivity index (χ2n) is 6.31. The van der Waals surface area contributed by atoms with Gasteiger partial charge in [-0.1, -0.05) is 29.8 Å². The normalized spacial score (nSPS) is 10.5. The molecule has 1 N–H and O–H groups in total. The van der Waals surface area contributed by atoms with Gasteiger partial charge < -0.3 is 19.4 Å².